The van der Waals surface area contributed by atoms with Crippen molar-refractivity contribution >= 4 is 17.6 Å². The lowest BCUT2D eigenvalue weighted by atomic mass is 10.2. The largest absolute Gasteiger partial charge is 0.325 e. The molecule has 6 nitrogen and oxygen atoms in total. The van der Waals surface area contributed by atoms with Crippen LogP contribution in [-0.4, -0.2) is 60.5 Å². The van der Waals surface area contributed by atoms with Gasteiger partial charge < -0.3 is 20.4 Å². The van der Waals surface area contributed by atoms with E-state index >= 15 is 0 Å². The molecule has 0 radical (unpaired) electrons. The molecule has 3 rings (SSSR count). The Morgan fingerprint density at radius 1 is 1.38 bits per heavy atom. The molecule has 0 aromatic heterocycles. The fourth-order valence-electron chi connectivity index (χ4n) is 2.83. The first-order valence-corrected chi connectivity index (χ1v) is 7.26. The van der Waals surface area contributed by atoms with Gasteiger partial charge in [0.05, 0.1) is 6.04 Å². The van der Waals surface area contributed by atoms with Crippen molar-refractivity contribution in [2.24, 2.45) is 0 Å². The lowest BCUT2D eigenvalue weighted by molar-refractivity contribution is -0.116. The molecule has 1 atom stereocenters. The first-order valence-electron chi connectivity index (χ1n) is 7.26. The minimum Gasteiger partial charge on any atom is -0.325 e. The lowest BCUT2D eigenvalue weighted by Gasteiger charge is -2.28. The number of piperazine rings is 1. The Balaban J connectivity index is 1.57. The van der Waals surface area contributed by atoms with Gasteiger partial charge in [-0.15, -0.1) is 0 Å². The minimum absolute atomic E-state index is 0.0273. The van der Waals surface area contributed by atoms with Gasteiger partial charge in [-0.05, 0) is 19.1 Å². The number of fused-ring (bicyclic) bond motifs is 1. The van der Waals surface area contributed by atoms with Crippen LogP contribution in [0.4, 0.5) is 10.5 Å². The number of amides is 3. The van der Waals surface area contributed by atoms with E-state index in [1.807, 2.05) is 36.1 Å². The van der Waals surface area contributed by atoms with Gasteiger partial charge in [0.1, 0.15) is 6.54 Å². The molecule has 21 heavy (non-hydrogen) atoms. The van der Waals surface area contributed by atoms with Gasteiger partial charge in [-0.3, -0.25) is 4.79 Å². The molecule has 112 valence electrons. The third-order valence-electron chi connectivity index (χ3n) is 3.97. The van der Waals surface area contributed by atoms with Crippen molar-refractivity contribution in [3.05, 3.63) is 29.8 Å². The quantitative estimate of drug-likeness (QED) is 0.858. The Morgan fingerprint density at radius 2 is 2.14 bits per heavy atom. The number of benzene rings is 1. The molecule has 0 spiro atoms. The lowest BCUT2D eigenvalue weighted by Crippen LogP contribution is -2.49. The predicted octanol–water partition coefficient (Wildman–Crippen LogP) is 0.643. The molecule has 6 heteroatoms. The molecular weight excluding hydrogens is 268 g/mol. The number of aryl methyl sites for hydroxylation is 1. The third kappa shape index (κ3) is 3.00. The molecule has 3 amide bonds. The van der Waals surface area contributed by atoms with Crippen molar-refractivity contribution < 1.29 is 9.59 Å². The number of carbonyl (C=O) groups is 2. The second-order valence-corrected chi connectivity index (χ2v) is 5.63. The summed E-state index contributed by atoms with van der Waals surface area (Å²) in [4.78, 5) is 27.8. The average molecular weight is 288 g/mol. The van der Waals surface area contributed by atoms with Crippen molar-refractivity contribution in [3.8, 4) is 0 Å². The fourth-order valence-corrected chi connectivity index (χ4v) is 2.83. The van der Waals surface area contributed by atoms with E-state index in [-0.39, 0.29) is 24.5 Å². The zero-order chi connectivity index (χ0) is 14.8. The highest BCUT2D eigenvalue weighted by Gasteiger charge is 2.38. The average Bonchev–Trinajstić information content (AvgIpc) is 2.78. The van der Waals surface area contributed by atoms with E-state index in [1.165, 1.54) is 0 Å². The molecule has 2 aliphatic heterocycles. The topological polar surface area (TPSA) is 64.7 Å². The molecule has 2 N–H and O–H groups in total. The number of hydrogen-bond donors (Lipinski definition) is 2. The zero-order valence-corrected chi connectivity index (χ0v) is 12.1. The van der Waals surface area contributed by atoms with Gasteiger partial charge in [-0.2, -0.15) is 0 Å². The standard InChI is InChI=1S/C15H20N4O2/c1-11-2-4-12(5-3-11)17-14(20)10-18-9-13-8-16-6-7-19(13)15(18)21/h2-5,13,16H,6-10H2,1H3,(H,17,20). The SMILES string of the molecule is Cc1ccc(NC(=O)CN2CC3CNCCN3C2=O)cc1. The van der Waals surface area contributed by atoms with E-state index in [9.17, 15) is 9.59 Å². The molecule has 2 fully saturated rings. The van der Waals surface area contributed by atoms with Crippen LogP contribution in [-0.2, 0) is 4.79 Å². The molecule has 2 aliphatic rings. The first-order chi connectivity index (χ1) is 10.1. The van der Waals surface area contributed by atoms with Crippen LogP contribution >= 0.6 is 0 Å². The monoisotopic (exact) mass is 288 g/mol. The summed E-state index contributed by atoms with van der Waals surface area (Å²) in [5.41, 5.74) is 1.91. The second-order valence-electron chi connectivity index (χ2n) is 5.63. The molecule has 1 unspecified atom stereocenters. The summed E-state index contributed by atoms with van der Waals surface area (Å²) in [6.07, 6.45) is 0. The molecule has 2 heterocycles. The van der Waals surface area contributed by atoms with Crippen LogP contribution in [0, 0.1) is 6.92 Å². The molecule has 1 aromatic rings. The number of anilines is 1. The van der Waals surface area contributed by atoms with Crippen molar-refractivity contribution in [1.29, 1.82) is 0 Å². The van der Waals surface area contributed by atoms with Crippen molar-refractivity contribution in [2.75, 3.05) is 38.0 Å². The molecule has 2 saturated heterocycles. The Labute approximate surface area is 124 Å². The smallest absolute Gasteiger partial charge is 0.320 e. The molecule has 0 bridgehead atoms. The Morgan fingerprint density at radius 3 is 2.86 bits per heavy atom. The molecule has 1 aromatic carbocycles. The van der Waals surface area contributed by atoms with Crippen molar-refractivity contribution in [2.45, 2.75) is 13.0 Å². The summed E-state index contributed by atoms with van der Waals surface area (Å²) in [6, 6.07) is 7.79. The summed E-state index contributed by atoms with van der Waals surface area (Å²) in [7, 11) is 0. The molecular formula is C15H20N4O2. The summed E-state index contributed by atoms with van der Waals surface area (Å²) in [5, 5.41) is 6.11. The van der Waals surface area contributed by atoms with E-state index in [0.29, 0.717) is 6.54 Å². The van der Waals surface area contributed by atoms with E-state index < -0.39 is 0 Å². The van der Waals surface area contributed by atoms with Crippen LogP contribution in [0.15, 0.2) is 24.3 Å². The van der Waals surface area contributed by atoms with Crippen LogP contribution in [0.25, 0.3) is 0 Å². The third-order valence-corrected chi connectivity index (χ3v) is 3.97. The Bertz CT molecular complexity index is 543. The highest BCUT2D eigenvalue weighted by Crippen LogP contribution is 2.17. The number of carbonyl (C=O) groups excluding carboxylic acids is 2. The van der Waals surface area contributed by atoms with E-state index in [0.717, 1.165) is 30.9 Å². The fraction of sp³-hybridized carbons (Fsp3) is 0.467. The number of nitrogens with one attached hydrogen (secondary N) is 2. The predicted molar refractivity (Wildman–Crippen MR) is 80.1 cm³/mol. The van der Waals surface area contributed by atoms with E-state index in [4.69, 9.17) is 0 Å². The van der Waals surface area contributed by atoms with E-state index in [2.05, 4.69) is 10.6 Å². The summed E-state index contributed by atoms with van der Waals surface area (Å²) in [6.45, 7) is 5.08. The summed E-state index contributed by atoms with van der Waals surface area (Å²) >= 11 is 0. The Kier molecular flexibility index (Phi) is 3.79. The molecule has 0 aliphatic carbocycles. The summed E-state index contributed by atoms with van der Waals surface area (Å²) in [5.74, 6) is -0.153. The van der Waals surface area contributed by atoms with Gasteiger partial charge >= 0.3 is 6.03 Å². The van der Waals surface area contributed by atoms with Gasteiger partial charge in [0, 0.05) is 31.9 Å². The van der Waals surface area contributed by atoms with Crippen LogP contribution in [0.2, 0.25) is 0 Å². The first kappa shape index (κ1) is 13.9. The van der Waals surface area contributed by atoms with Gasteiger partial charge in [-0.1, -0.05) is 17.7 Å². The van der Waals surface area contributed by atoms with Gasteiger partial charge in [-0.25, -0.2) is 4.79 Å². The van der Waals surface area contributed by atoms with E-state index in [1.54, 1.807) is 4.90 Å². The number of urea groups is 1. The maximum absolute atomic E-state index is 12.2. The number of rotatable bonds is 3. The second kappa shape index (κ2) is 5.73. The number of nitrogens with zero attached hydrogens (tertiary/aromatic N) is 2. The maximum Gasteiger partial charge on any atom is 0.320 e. The summed E-state index contributed by atoms with van der Waals surface area (Å²) < 4.78 is 0. The van der Waals surface area contributed by atoms with Gasteiger partial charge in [0.2, 0.25) is 5.91 Å². The highest BCUT2D eigenvalue weighted by atomic mass is 16.2. The zero-order valence-electron chi connectivity index (χ0n) is 12.1. The Hall–Kier alpha value is -2.08. The van der Waals surface area contributed by atoms with Gasteiger partial charge in [0.25, 0.3) is 0 Å². The maximum atomic E-state index is 12.2. The minimum atomic E-state index is -0.153. The highest BCUT2D eigenvalue weighted by molar-refractivity contribution is 5.94. The van der Waals surface area contributed by atoms with Crippen LogP contribution in [0.1, 0.15) is 5.56 Å². The number of hydrogen-bond acceptors (Lipinski definition) is 3. The normalized spacial score (nSPS) is 21.4. The van der Waals surface area contributed by atoms with Crippen LogP contribution < -0.4 is 10.6 Å². The van der Waals surface area contributed by atoms with Crippen molar-refractivity contribution in [1.82, 2.24) is 15.1 Å². The van der Waals surface area contributed by atoms with Crippen molar-refractivity contribution in [3.63, 3.8) is 0 Å². The van der Waals surface area contributed by atoms with Gasteiger partial charge in [0.15, 0.2) is 0 Å². The molecule has 0 saturated carbocycles. The van der Waals surface area contributed by atoms with Crippen LogP contribution in [0.5, 0.6) is 0 Å². The van der Waals surface area contributed by atoms with Crippen LogP contribution in [0.3, 0.4) is 0 Å².